The maximum Gasteiger partial charge on any atom is 0.303 e. The molecule has 0 aliphatic heterocycles. The lowest BCUT2D eigenvalue weighted by molar-refractivity contribution is -0.188. The molecule has 0 heterocycles. The molecule has 0 aromatic rings. The third-order valence-electron chi connectivity index (χ3n) is 2.52. The Morgan fingerprint density at radius 1 is 0.826 bits per heavy atom. The topological polar surface area (TPSA) is 105 Å². The Kier molecular flexibility index (Phi) is 9.29. The molecular formula is C15H22O8. The minimum atomic E-state index is -1.14. The van der Waals surface area contributed by atoms with Crippen molar-refractivity contribution >= 4 is 23.9 Å². The molecule has 8 heteroatoms. The summed E-state index contributed by atoms with van der Waals surface area (Å²) in [6.07, 6.45) is -1.59. The first kappa shape index (κ1) is 20.6. The zero-order valence-electron chi connectivity index (χ0n) is 13.7. The SMILES string of the molecule is C=CC[C@@H](OC(C)=O)[C@H](OC(C)=O)[C@@H](COC(C)=O)OC(C)=O. The molecule has 0 fully saturated rings. The van der Waals surface area contributed by atoms with Crippen LogP contribution in [-0.2, 0) is 38.1 Å². The molecule has 0 N–H and O–H groups in total. The molecule has 8 nitrogen and oxygen atoms in total. The Morgan fingerprint density at radius 2 is 1.30 bits per heavy atom. The predicted molar refractivity (Wildman–Crippen MR) is 78.1 cm³/mol. The maximum absolute atomic E-state index is 11.3. The second-order valence-corrected chi connectivity index (χ2v) is 4.70. The molecule has 0 aliphatic carbocycles. The largest absolute Gasteiger partial charge is 0.462 e. The van der Waals surface area contributed by atoms with Crippen molar-refractivity contribution in [2.45, 2.75) is 52.4 Å². The van der Waals surface area contributed by atoms with Crippen LogP contribution in [0.3, 0.4) is 0 Å². The summed E-state index contributed by atoms with van der Waals surface area (Å²) in [5.74, 6) is -2.55. The number of hydrogen-bond acceptors (Lipinski definition) is 8. The van der Waals surface area contributed by atoms with Crippen LogP contribution in [0.5, 0.6) is 0 Å². The fourth-order valence-electron chi connectivity index (χ4n) is 1.82. The van der Waals surface area contributed by atoms with Crippen LogP contribution >= 0.6 is 0 Å². The summed E-state index contributed by atoms with van der Waals surface area (Å²) in [5.41, 5.74) is 0. The highest BCUT2D eigenvalue weighted by molar-refractivity contribution is 5.68. The first-order valence-electron chi connectivity index (χ1n) is 6.93. The van der Waals surface area contributed by atoms with E-state index in [1.165, 1.54) is 19.9 Å². The lowest BCUT2D eigenvalue weighted by atomic mass is 10.0. The summed E-state index contributed by atoms with van der Waals surface area (Å²) in [6.45, 7) is 7.87. The quantitative estimate of drug-likeness (QED) is 0.349. The molecular weight excluding hydrogens is 308 g/mol. The lowest BCUT2D eigenvalue weighted by Crippen LogP contribution is -2.47. The summed E-state index contributed by atoms with van der Waals surface area (Å²) in [6, 6.07) is 0. The molecule has 0 amide bonds. The van der Waals surface area contributed by atoms with Gasteiger partial charge < -0.3 is 18.9 Å². The number of esters is 4. The van der Waals surface area contributed by atoms with E-state index in [-0.39, 0.29) is 13.0 Å². The molecule has 0 radical (unpaired) electrons. The average molecular weight is 330 g/mol. The summed E-state index contributed by atoms with van der Waals surface area (Å²) >= 11 is 0. The van der Waals surface area contributed by atoms with Gasteiger partial charge in [-0.15, -0.1) is 6.58 Å². The highest BCUT2D eigenvalue weighted by Gasteiger charge is 2.37. The third kappa shape index (κ3) is 9.28. The molecule has 0 aliphatic rings. The van der Waals surface area contributed by atoms with E-state index in [9.17, 15) is 19.2 Å². The number of carbonyl (C=O) groups excluding carboxylic acids is 4. The van der Waals surface area contributed by atoms with Crippen molar-refractivity contribution in [3.8, 4) is 0 Å². The molecule has 3 atom stereocenters. The molecule has 0 aromatic carbocycles. The maximum atomic E-state index is 11.3. The second-order valence-electron chi connectivity index (χ2n) is 4.70. The number of carbonyl (C=O) groups is 4. The van der Waals surface area contributed by atoms with Gasteiger partial charge in [0.2, 0.25) is 0 Å². The van der Waals surface area contributed by atoms with Gasteiger partial charge in [0, 0.05) is 34.1 Å². The second kappa shape index (κ2) is 10.4. The van der Waals surface area contributed by atoms with E-state index in [0.717, 1.165) is 13.8 Å². The Hall–Kier alpha value is -2.38. The molecule has 0 saturated heterocycles. The number of rotatable bonds is 9. The lowest BCUT2D eigenvalue weighted by Gasteiger charge is -2.31. The van der Waals surface area contributed by atoms with Crippen molar-refractivity contribution < 1.29 is 38.1 Å². The first-order valence-corrected chi connectivity index (χ1v) is 6.93. The standard InChI is InChI=1S/C15H22O8/c1-6-7-13(21-10(3)17)15(23-12(5)19)14(22-11(4)18)8-20-9(2)16/h6,13-15H,1,7-8H2,2-5H3/t13-,14-,15+/m1/s1. The van der Waals surface area contributed by atoms with Gasteiger partial charge in [0.25, 0.3) is 0 Å². The van der Waals surface area contributed by atoms with Crippen molar-refractivity contribution in [1.29, 1.82) is 0 Å². The highest BCUT2D eigenvalue weighted by Crippen LogP contribution is 2.18. The smallest absolute Gasteiger partial charge is 0.303 e. The molecule has 0 bridgehead atoms. The molecule has 0 unspecified atom stereocenters. The first-order chi connectivity index (χ1) is 10.7. The van der Waals surface area contributed by atoms with Gasteiger partial charge in [-0.3, -0.25) is 19.2 Å². The van der Waals surface area contributed by atoms with Crippen LogP contribution in [0, 0.1) is 0 Å². The van der Waals surface area contributed by atoms with Gasteiger partial charge in [-0.05, 0) is 0 Å². The van der Waals surface area contributed by atoms with E-state index in [0.29, 0.717) is 0 Å². The van der Waals surface area contributed by atoms with Crippen LogP contribution in [0.15, 0.2) is 12.7 Å². The van der Waals surface area contributed by atoms with Crippen LogP contribution < -0.4 is 0 Å². The van der Waals surface area contributed by atoms with Crippen molar-refractivity contribution in [3.63, 3.8) is 0 Å². The summed E-state index contributed by atoms with van der Waals surface area (Å²) in [7, 11) is 0. The van der Waals surface area contributed by atoms with Crippen molar-refractivity contribution in [3.05, 3.63) is 12.7 Å². The molecule has 23 heavy (non-hydrogen) atoms. The number of ether oxygens (including phenoxy) is 4. The normalized spacial score (nSPS) is 13.9. The monoisotopic (exact) mass is 330 g/mol. The predicted octanol–water partition coefficient (Wildman–Crippen LogP) is 0.921. The molecule has 0 rings (SSSR count). The summed E-state index contributed by atoms with van der Waals surface area (Å²) < 4.78 is 20.1. The van der Waals surface area contributed by atoms with E-state index in [2.05, 4.69) is 6.58 Å². The summed E-state index contributed by atoms with van der Waals surface area (Å²) in [5, 5.41) is 0. The van der Waals surface area contributed by atoms with Crippen LogP contribution in [0.25, 0.3) is 0 Å². The summed E-state index contributed by atoms with van der Waals surface area (Å²) in [4.78, 5) is 44.8. The number of hydrogen-bond donors (Lipinski definition) is 0. The Balaban J connectivity index is 5.45. The Bertz CT molecular complexity index is 456. The van der Waals surface area contributed by atoms with Crippen molar-refractivity contribution in [1.82, 2.24) is 0 Å². The zero-order chi connectivity index (χ0) is 18.0. The van der Waals surface area contributed by atoms with Crippen LogP contribution in [0.1, 0.15) is 34.1 Å². The van der Waals surface area contributed by atoms with Crippen LogP contribution in [-0.4, -0.2) is 48.8 Å². The molecule has 130 valence electrons. The van der Waals surface area contributed by atoms with E-state index < -0.39 is 42.2 Å². The van der Waals surface area contributed by atoms with E-state index in [1.54, 1.807) is 0 Å². The van der Waals surface area contributed by atoms with Gasteiger partial charge in [0.1, 0.15) is 12.7 Å². The van der Waals surface area contributed by atoms with Gasteiger partial charge in [-0.25, -0.2) is 0 Å². The average Bonchev–Trinajstić information content (AvgIpc) is 2.39. The molecule has 0 saturated carbocycles. The van der Waals surface area contributed by atoms with Crippen LogP contribution in [0.2, 0.25) is 0 Å². The fraction of sp³-hybridized carbons (Fsp3) is 0.600. The van der Waals surface area contributed by atoms with E-state index >= 15 is 0 Å². The van der Waals surface area contributed by atoms with E-state index in [4.69, 9.17) is 18.9 Å². The van der Waals surface area contributed by atoms with Gasteiger partial charge in [-0.2, -0.15) is 0 Å². The van der Waals surface area contributed by atoms with Crippen molar-refractivity contribution in [2.75, 3.05) is 6.61 Å². The Labute approximate surface area is 134 Å². The molecule has 0 spiro atoms. The molecule has 0 aromatic heterocycles. The van der Waals surface area contributed by atoms with Gasteiger partial charge in [0.05, 0.1) is 0 Å². The van der Waals surface area contributed by atoms with Gasteiger partial charge in [0.15, 0.2) is 12.2 Å². The minimum absolute atomic E-state index is 0.148. The third-order valence-corrected chi connectivity index (χ3v) is 2.52. The fourth-order valence-corrected chi connectivity index (χ4v) is 1.82. The van der Waals surface area contributed by atoms with Gasteiger partial charge in [-0.1, -0.05) is 6.08 Å². The minimum Gasteiger partial charge on any atom is -0.462 e. The zero-order valence-corrected chi connectivity index (χ0v) is 13.7. The van der Waals surface area contributed by atoms with Crippen molar-refractivity contribution in [2.24, 2.45) is 0 Å². The van der Waals surface area contributed by atoms with E-state index in [1.807, 2.05) is 0 Å². The van der Waals surface area contributed by atoms with Gasteiger partial charge >= 0.3 is 23.9 Å². The highest BCUT2D eigenvalue weighted by atomic mass is 16.6. The Morgan fingerprint density at radius 3 is 1.70 bits per heavy atom. The van der Waals surface area contributed by atoms with Crippen LogP contribution in [0.4, 0.5) is 0 Å².